The van der Waals surface area contributed by atoms with Crippen LogP contribution in [0.25, 0.3) is 0 Å². The summed E-state index contributed by atoms with van der Waals surface area (Å²) in [5.41, 5.74) is 3.20. The molecule has 2 aliphatic rings. The number of allylic oxidation sites excluding steroid dienone is 1. The fourth-order valence-corrected chi connectivity index (χ4v) is 4.75. The van der Waals surface area contributed by atoms with Crippen molar-refractivity contribution in [2.24, 2.45) is 5.41 Å². The molecular formula is C17H22OS. The highest BCUT2D eigenvalue weighted by molar-refractivity contribution is 7.99. The Labute approximate surface area is 120 Å². The van der Waals surface area contributed by atoms with Gasteiger partial charge in [-0.3, -0.25) is 0 Å². The van der Waals surface area contributed by atoms with Gasteiger partial charge in [-0.2, -0.15) is 0 Å². The van der Waals surface area contributed by atoms with Gasteiger partial charge in [-0.05, 0) is 42.2 Å². The van der Waals surface area contributed by atoms with E-state index >= 15 is 0 Å². The van der Waals surface area contributed by atoms with Gasteiger partial charge in [-0.15, -0.1) is 11.8 Å². The van der Waals surface area contributed by atoms with Crippen molar-refractivity contribution in [3.63, 3.8) is 0 Å². The Bertz CT molecular complexity index is 504. The van der Waals surface area contributed by atoms with E-state index in [0.29, 0.717) is 5.92 Å². The highest BCUT2D eigenvalue weighted by Crippen LogP contribution is 2.45. The lowest BCUT2D eigenvalue weighted by atomic mass is 9.74. The molecule has 0 aromatic heterocycles. The second-order valence-corrected chi connectivity index (χ2v) is 7.75. The van der Waals surface area contributed by atoms with Crippen molar-refractivity contribution in [3.8, 4) is 0 Å². The minimum absolute atomic E-state index is 0.245. The minimum Gasteiger partial charge on any atom is -0.389 e. The fraction of sp³-hybridized carbons (Fsp3) is 0.529. The summed E-state index contributed by atoms with van der Waals surface area (Å²) in [6.45, 7) is 4.53. The molecule has 2 atom stereocenters. The standard InChI is InChI=1S/C17H22OS/c1-17(2)9-12(8-14(18)10-17)7-13-11-19-16-6-4-3-5-15(13)16/h3-6,8,13-14,18H,7,9-11H2,1-2H3. The van der Waals surface area contributed by atoms with Crippen LogP contribution < -0.4 is 0 Å². The van der Waals surface area contributed by atoms with Gasteiger partial charge in [0, 0.05) is 10.6 Å². The van der Waals surface area contributed by atoms with E-state index in [4.69, 9.17) is 0 Å². The van der Waals surface area contributed by atoms with Crippen LogP contribution in [0.5, 0.6) is 0 Å². The maximum Gasteiger partial charge on any atom is 0.0728 e. The zero-order valence-electron chi connectivity index (χ0n) is 11.7. The topological polar surface area (TPSA) is 20.2 Å². The summed E-state index contributed by atoms with van der Waals surface area (Å²) in [6, 6.07) is 8.77. The molecule has 1 aromatic rings. The van der Waals surface area contributed by atoms with E-state index < -0.39 is 0 Å². The summed E-state index contributed by atoms with van der Waals surface area (Å²) < 4.78 is 0. The third-order valence-corrected chi connectivity index (χ3v) is 5.45. The molecule has 1 aliphatic carbocycles. The monoisotopic (exact) mass is 274 g/mol. The van der Waals surface area contributed by atoms with Crippen molar-refractivity contribution in [1.82, 2.24) is 0 Å². The van der Waals surface area contributed by atoms with E-state index in [1.54, 1.807) is 0 Å². The van der Waals surface area contributed by atoms with Crippen molar-refractivity contribution < 1.29 is 5.11 Å². The second-order valence-electron chi connectivity index (χ2n) is 6.69. The molecule has 2 heteroatoms. The van der Waals surface area contributed by atoms with E-state index in [1.807, 2.05) is 11.8 Å². The molecule has 0 radical (unpaired) electrons. The Balaban J connectivity index is 1.76. The number of benzene rings is 1. The molecule has 0 amide bonds. The Hall–Kier alpha value is -0.730. The van der Waals surface area contributed by atoms with E-state index in [2.05, 4.69) is 44.2 Å². The molecule has 102 valence electrons. The largest absolute Gasteiger partial charge is 0.389 e. The van der Waals surface area contributed by atoms with Gasteiger partial charge in [0.25, 0.3) is 0 Å². The van der Waals surface area contributed by atoms with Crippen LogP contribution in [0.1, 0.15) is 44.6 Å². The van der Waals surface area contributed by atoms with Gasteiger partial charge in [-0.25, -0.2) is 0 Å². The minimum atomic E-state index is -0.247. The van der Waals surface area contributed by atoms with E-state index in [0.717, 1.165) is 19.3 Å². The maximum absolute atomic E-state index is 10.0. The first-order valence-electron chi connectivity index (χ1n) is 7.13. The van der Waals surface area contributed by atoms with Crippen LogP contribution >= 0.6 is 11.8 Å². The highest BCUT2D eigenvalue weighted by atomic mass is 32.2. The lowest BCUT2D eigenvalue weighted by Gasteiger charge is -2.33. The number of aliphatic hydroxyl groups is 1. The zero-order chi connectivity index (χ0) is 13.5. The van der Waals surface area contributed by atoms with Crippen LogP contribution in [-0.2, 0) is 0 Å². The van der Waals surface area contributed by atoms with Crippen LogP contribution in [0.4, 0.5) is 0 Å². The van der Waals surface area contributed by atoms with Gasteiger partial charge in [0.1, 0.15) is 0 Å². The number of thioether (sulfide) groups is 1. The van der Waals surface area contributed by atoms with Gasteiger partial charge >= 0.3 is 0 Å². The molecule has 2 unspecified atom stereocenters. The summed E-state index contributed by atoms with van der Waals surface area (Å²) in [7, 11) is 0. The van der Waals surface area contributed by atoms with Crippen LogP contribution in [0.3, 0.4) is 0 Å². The van der Waals surface area contributed by atoms with Crippen LogP contribution in [0.15, 0.2) is 40.8 Å². The lowest BCUT2D eigenvalue weighted by molar-refractivity contribution is 0.137. The third-order valence-electron chi connectivity index (χ3n) is 4.20. The predicted molar refractivity (Wildman–Crippen MR) is 81.6 cm³/mol. The number of hydrogen-bond acceptors (Lipinski definition) is 2. The predicted octanol–water partition coefficient (Wildman–Crippen LogP) is 4.37. The van der Waals surface area contributed by atoms with E-state index in [-0.39, 0.29) is 11.5 Å². The molecule has 19 heavy (non-hydrogen) atoms. The fourth-order valence-electron chi connectivity index (χ4n) is 3.50. The molecule has 0 saturated carbocycles. The van der Waals surface area contributed by atoms with Crippen molar-refractivity contribution in [2.75, 3.05) is 5.75 Å². The number of fused-ring (bicyclic) bond motifs is 1. The van der Waals surface area contributed by atoms with Gasteiger partial charge in [0.2, 0.25) is 0 Å². The van der Waals surface area contributed by atoms with Crippen molar-refractivity contribution >= 4 is 11.8 Å². The van der Waals surface area contributed by atoms with Gasteiger partial charge < -0.3 is 5.11 Å². The Morgan fingerprint density at radius 1 is 1.32 bits per heavy atom. The molecule has 1 aliphatic heterocycles. The molecule has 1 aromatic carbocycles. The van der Waals surface area contributed by atoms with E-state index in [1.165, 1.54) is 21.8 Å². The Morgan fingerprint density at radius 3 is 2.89 bits per heavy atom. The molecule has 1 heterocycles. The van der Waals surface area contributed by atoms with Crippen LogP contribution in [0, 0.1) is 5.41 Å². The molecule has 0 fully saturated rings. The SMILES string of the molecule is CC1(C)CC(CC2CSc3ccccc32)=CC(O)C1. The van der Waals surface area contributed by atoms with Crippen molar-refractivity contribution in [1.29, 1.82) is 0 Å². The zero-order valence-corrected chi connectivity index (χ0v) is 12.5. The summed E-state index contributed by atoms with van der Waals surface area (Å²) >= 11 is 1.98. The summed E-state index contributed by atoms with van der Waals surface area (Å²) in [6.07, 6.45) is 5.00. The molecule has 0 bridgehead atoms. The average Bonchev–Trinajstić information content (AvgIpc) is 2.70. The first-order valence-corrected chi connectivity index (χ1v) is 8.11. The Morgan fingerprint density at radius 2 is 2.11 bits per heavy atom. The van der Waals surface area contributed by atoms with Gasteiger partial charge in [0.05, 0.1) is 6.10 Å². The first kappa shape index (κ1) is 13.3. The summed E-state index contributed by atoms with van der Waals surface area (Å²) in [5, 5.41) is 10.0. The lowest BCUT2D eigenvalue weighted by Crippen LogP contribution is -2.25. The average molecular weight is 274 g/mol. The van der Waals surface area contributed by atoms with Crippen molar-refractivity contribution in [3.05, 3.63) is 41.5 Å². The maximum atomic E-state index is 10.0. The molecule has 0 spiro atoms. The smallest absolute Gasteiger partial charge is 0.0728 e. The number of hydrogen-bond donors (Lipinski definition) is 1. The first-order chi connectivity index (χ1) is 9.03. The van der Waals surface area contributed by atoms with Gasteiger partial charge in [-0.1, -0.05) is 43.7 Å². The van der Waals surface area contributed by atoms with Gasteiger partial charge in [0.15, 0.2) is 0 Å². The number of rotatable bonds is 2. The molecule has 3 rings (SSSR count). The summed E-state index contributed by atoms with van der Waals surface area (Å²) in [4.78, 5) is 1.45. The highest BCUT2D eigenvalue weighted by Gasteiger charge is 2.30. The quantitative estimate of drug-likeness (QED) is 0.808. The third kappa shape index (κ3) is 2.90. The number of aliphatic hydroxyl groups excluding tert-OH is 1. The van der Waals surface area contributed by atoms with Crippen LogP contribution in [-0.4, -0.2) is 17.0 Å². The Kier molecular flexibility index (Phi) is 3.48. The molecular weight excluding hydrogens is 252 g/mol. The van der Waals surface area contributed by atoms with Crippen LogP contribution in [0.2, 0.25) is 0 Å². The normalized spacial score (nSPS) is 28.9. The van der Waals surface area contributed by atoms with Crippen molar-refractivity contribution in [2.45, 2.75) is 50.0 Å². The molecule has 1 N–H and O–H groups in total. The summed E-state index contributed by atoms with van der Waals surface area (Å²) in [5.74, 6) is 1.82. The molecule has 1 nitrogen and oxygen atoms in total. The second kappa shape index (κ2) is 4.99. The molecule has 0 saturated heterocycles. The van der Waals surface area contributed by atoms with E-state index in [9.17, 15) is 5.11 Å².